The first-order valence-corrected chi connectivity index (χ1v) is 11.7. The summed E-state index contributed by atoms with van der Waals surface area (Å²) >= 11 is 19.9. The van der Waals surface area contributed by atoms with Crippen molar-refractivity contribution in [3.05, 3.63) is 69.5 Å². The summed E-state index contributed by atoms with van der Waals surface area (Å²) in [6.07, 6.45) is 0.988. The predicted molar refractivity (Wildman–Crippen MR) is 124 cm³/mol. The minimum Gasteiger partial charge on any atom is -0.349 e. The summed E-state index contributed by atoms with van der Waals surface area (Å²) < 4.78 is 1.85. The molecule has 30 heavy (non-hydrogen) atoms. The number of amides is 1. The third-order valence-corrected chi connectivity index (χ3v) is 6.25. The van der Waals surface area contributed by atoms with E-state index in [0.29, 0.717) is 45.4 Å². The average molecular weight is 484 g/mol. The van der Waals surface area contributed by atoms with Gasteiger partial charge in [-0.1, -0.05) is 59.2 Å². The molecule has 1 aromatic heterocycles. The van der Waals surface area contributed by atoms with Gasteiger partial charge in [0.1, 0.15) is 0 Å². The minimum absolute atomic E-state index is 0.0866. The van der Waals surface area contributed by atoms with E-state index < -0.39 is 0 Å². The van der Waals surface area contributed by atoms with Crippen molar-refractivity contribution in [3.8, 4) is 5.69 Å². The molecule has 0 aliphatic rings. The minimum atomic E-state index is -0.0866. The van der Waals surface area contributed by atoms with Gasteiger partial charge in [-0.2, -0.15) is 0 Å². The number of nitrogens with zero attached hydrogens (tertiary/aromatic N) is 3. The highest BCUT2D eigenvalue weighted by atomic mass is 35.5. The molecule has 0 aliphatic heterocycles. The number of benzene rings is 2. The Labute approximate surface area is 195 Å². The van der Waals surface area contributed by atoms with Gasteiger partial charge in [-0.25, -0.2) is 0 Å². The number of aryl methyl sites for hydroxylation is 1. The molecule has 1 amide bonds. The second-order valence-corrected chi connectivity index (χ2v) is 8.78. The van der Waals surface area contributed by atoms with Crippen molar-refractivity contribution in [2.24, 2.45) is 0 Å². The van der Waals surface area contributed by atoms with Gasteiger partial charge in [0.25, 0.3) is 0 Å². The number of nitrogens with one attached hydrogen (secondary N) is 1. The lowest BCUT2D eigenvalue weighted by molar-refractivity contribution is -0.121. The first-order chi connectivity index (χ1) is 14.5. The van der Waals surface area contributed by atoms with Crippen molar-refractivity contribution in [1.29, 1.82) is 0 Å². The Balaban J connectivity index is 1.88. The zero-order valence-electron chi connectivity index (χ0n) is 16.4. The van der Waals surface area contributed by atoms with Crippen molar-refractivity contribution < 1.29 is 4.79 Å². The van der Waals surface area contributed by atoms with Crippen molar-refractivity contribution >= 4 is 52.5 Å². The van der Waals surface area contributed by atoms with Crippen LogP contribution in [0.5, 0.6) is 0 Å². The van der Waals surface area contributed by atoms with E-state index in [1.807, 2.05) is 16.7 Å². The normalized spacial score (nSPS) is 10.9. The highest BCUT2D eigenvalue weighted by molar-refractivity contribution is 7.98. The smallest absolute Gasteiger partial charge is 0.220 e. The van der Waals surface area contributed by atoms with Crippen LogP contribution in [0.3, 0.4) is 0 Å². The molecule has 5 nitrogen and oxygen atoms in total. The van der Waals surface area contributed by atoms with Gasteiger partial charge in [-0.05, 0) is 42.7 Å². The lowest BCUT2D eigenvalue weighted by atomic mass is 10.1. The monoisotopic (exact) mass is 482 g/mol. The molecule has 2 aromatic carbocycles. The molecule has 158 valence electrons. The first-order valence-electron chi connectivity index (χ1n) is 9.39. The first kappa shape index (κ1) is 22.9. The van der Waals surface area contributed by atoms with Gasteiger partial charge in [0, 0.05) is 23.1 Å². The number of alkyl halides is 1. The van der Waals surface area contributed by atoms with Crippen LogP contribution in [-0.4, -0.2) is 26.6 Å². The molecular weight excluding hydrogens is 463 g/mol. The van der Waals surface area contributed by atoms with Crippen LogP contribution in [0, 0.1) is 6.92 Å². The third kappa shape index (κ3) is 5.91. The summed E-state index contributed by atoms with van der Waals surface area (Å²) in [5.41, 5.74) is 3.10. The molecule has 0 spiro atoms. The molecule has 0 radical (unpaired) electrons. The van der Waals surface area contributed by atoms with Crippen molar-refractivity contribution in [3.63, 3.8) is 0 Å². The van der Waals surface area contributed by atoms with Crippen LogP contribution in [-0.2, 0) is 17.1 Å². The molecule has 0 bridgehead atoms. The maximum absolute atomic E-state index is 12.0. The number of halogens is 3. The zero-order chi connectivity index (χ0) is 21.5. The molecule has 0 fully saturated rings. The standard InChI is InChI=1S/C21H21Cl3N4OS/c1-14-5-2-3-6-15(14)13-30-21-27-26-19(12-25-20(29)7-4-10-22)28(21)18-11-16(23)8-9-17(18)24/h2-3,5-6,8-9,11H,4,7,10,12-13H2,1H3,(H,25,29). The average Bonchev–Trinajstić information content (AvgIpc) is 3.14. The topological polar surface area (TPSA) is 59.8 Å². The molecule has 0 aliphatic carbocycles. The van der Waals surface area contributed by atoms with Gasteiger partial charge in [0.2, 0.25) is 5.91 Å². The fourth-order valence-corrected chi connectivity index (χ4v) is 4.36. The number of hydrogen-bond donors (Lipinski definition) is 1. The Morgan fingerprint density at radius 1 is 1.17 bits per heavy atom. The van der Waals surface area contributed by atoms with E-state index in [9.17, 15) is 4.79 Å². The summed E-state index contributed by atoms with van der Waals surface area (Å²) in [5, 5.41) is 13.3. The van der Waals surface area contributed by atoms with Crippen molar-refractivity contribution in [2.45, 2.75) is 37.2 Å². The maximum atomic E-state index is 12.0. The van der Waals surface area contributed by atoms with E-state index in [-0.39, 0.29) is 12.5 Å². The summed E-state index contributed by atoms with van der Waals surface area (Å²) in [4.78, 5) is 12.0. The van der Waals surface area contributed by atoms with Gasteiger partial charge in [-0.3, -0.25) is 9.36 Å². The largest absolute Gasteiger partial charge is 0.349 e. The maximum Gasteiger partial charge on any atom is 0.220 e. The van der Waals surface area contributed by atoms with E-state index in [0.717, 1.165) is 5.75 Å². The van der Waals surface area contributed by atoms with Gasteiger partial charge in [-0.15, -0.1) is 21.8 Å². The van der Waals surface area contributed by atoms with Crippen LogP contribution in [0.4, 0.5) is 0 Å². The summed E-state index contributed by atoms with van der Waals surface area (Å²) in [5.74, 6) is 1.66. The van der Waals surface area contributed by atoms with E-state index in [1.165, 1.54) is 11.1 Å². The molecule has 3 aromatic rings. The Bertz CT molecular complexity index is 1030. The molecule has 1 N–H and O–H groups in total. The molecule has 0 atom stereocenters. The van der Waals surface area contributed by atoms with Crippen LogP contribution < -0.4 is 5.32 Å². The number of hydrogen-bond acceptors (Lipinski definition) is 4. The fourth-order valence-electron chi connectivity index (χ4n) is 2.82. The molecule has 9 heteroatoms. The summed E-state index contributed by atoms with van der Waals surface area (Å²) in [6, 6.07) is 13.4. The molecular formula is C21H21Cl3N4OS. The predicted octanol–water partition coefficient (Wildman–Crippen LogP) is 5.81. The van der Waals surface area contributed by atoms with E-state index in [2.05, 4.69) is 34.6 Å². The highest BCUT2D eigenvalue weighted by Gasteiger charge is 2.18. The lowest BCUT2D eigenvalue weighted by Crippen LogP contribution is -2.24. The highest BCUT2D eigenvalue weighted by Crippen LogP contribution is 2.31. The van der Waals surface area contributed by atoms with Crippen LogP contribution in [0.2, 0.25) is 10.0 Å². The zero-order valence-corrected chi connectivity index (χ0v) is 19.5. The quantitative estimate of drug-likeness (QED) is 0.308. The Hall–Kier alpha value is -1.73. The Morgan fingerprint density at radius 3 is 2.73 bits per heavy atom. The lowest BCUT2D eigenvalue weighted by Gasteiger charge is -2.13. The third-order valence-electron chi connectivity index (χ3n) is 4.45. The summed E-state index contributed by atoms with van der Waals surface area (Å²) in [6.45, 7) is 2.30. The second-order valence-electron chi connectivity index (χ2n) is 6.61. The molecule has 3 rings (SSSR count). The molecule has 1 heterocycles. The molecule has 0 saturated carbocycles. The number of carbonyl (C=O) groups is 1. The van der Waals surface area contributed by atoms with Crippen molar-refractivity contribution in [2.75, 3.05) is 5.88 Å². The molecule has 0 saturated heterocycles. The second kappa shape index (κ2) is 11.0. The SMILES string of the molecule is Cc1ccccc1CSc1nnc(CNC(=O)CCCCl)n1-c1cc(Cl)ccc1Cl. The number of aromatic nitrogens is 3. The Kier molecular flexibility index (Phi) is 8.45. The van der Waals surface area contributed by atoms with E-state index >= 15 is 0 Å². The van der Waals surface area contributed by atoms with Crippen LogP contribution in [0.15, 0.2) is 47.6 Å². The van der Waals surface area contributed by atoms with E-state index in [4.69, 9.17) is 34.8 Å². The van der Waals surface area contributed by atoms with Crippen LogP contribution in [0.1, 0.15) is 29.8 Å². The summed E-state index contributed by atoms with van der Waals surface area (Å²) in [7, 11) is 0. The number of rotatable bonds is 9. The van der Waals surface area contributed by atoms with Crippen LogP contribution >= 0.6 is 46.6 Å². The number of carbonyl (C=O) groups excluding carboxylic acids is 1. The fraction of sp³-hybridized carbons (Fsp3) is 0.286. The number of thioether (sulfide) groups is 1. The van der Waals surface area contributed by atoms with E-state index in [1.54, 1.807) is 30.0 Å². The van der Waals surface area contributed by atoms with Gasteiger partial charge < -0.3 is 5.32 Å². The Morgan fingerprint density at radius 2 is 1.97 bits per heavy atom. The van der Waals surface area contributed by atoms with Gasteiger partial charge in [0.15, 0.2) is 11.0 Å². The van der Waals surface area contributed by atoms with Gasteiger partial charge >= 0.3 is 0 Å². The van der Waals surface area contributed by atoms with Gasteiger partial charge in [0.05, 0.1) is 17.3 Å². The van der Waals surface area contributed by atoms with Crippen molar-refractivity contribution in [1.82, 2.24) is 20.1 Å². The van der Waals surface area contributed by atoms with Crippen LogP contribution in [0.25, 0.3) is 5.69 Å². The molecule has 0 unspecified atom stereocenters.